The van der Waals surface area contributed by atoms with Crippen LogP contribution in [0.5, 0.6) is 5.75 Å². The van der Waals surface area contributed by atoms with Crippen LogP contribution in [0.3, 0.4) is 0 Å². The second-order valence-electron chi connectivity index (χ2n) is 6.58. The number of anilines is 1. The van der Waals surface area contributed by atoms with E-state index in [1.807, 2.05) is 38.1 Å². The van der Waals surface area contributed by atoms with Gasteiger partial charge in [-0.3, -0.25) is 4.79 Å². The number of hydrogen-bond donors (Lipinski definition) is 2. The van der Waals surface area contributed by atoms with Crippen LogP contribution in [0.2, 0.25) is 5.02 Å². The zero-order valence-electron chi connectivity index (χ0n) is 16.2. The number of phenols is 1. The van der Waals surface area contributed by atoms with Gasteiger partial charge in [-0.25, -0.2) is 9.48 Å². The summed E-state index contributed by atoms with van der Waals surface area (Å²) in [6.45, 7) is 5.11. The number of carbonyl (C=O) groups is 2. The van der Waals surface area contributed by atoms with Crippen molar-refractivity contribution in [3.8, 4) is 11.4 Å². The van der Waals surface area contributed by atoms with Crippen LogP contribution >= 0.6 is 11.6 Å². The fourth-order valence-corrected chi connectivity index (χ4v) is 2.99. The summed E-state index contributed by atoms with van der Waals surface area (Å²) in [6.07, 6.45) is 0. The highest BCUT2D eigenvalue weighted by molar-refractivity contribution is 6.31. The Morgan fingerprint density at radius 3 is 2.52 bits per heavy atom. The van der Waals surface area contributed by atoms with E-state index < -0.39 is 18.5 Å². The number of nitrogens with zero attached hydrogens (tertiary/aromatic N) is 2. The molecule has 3 aromatic rings. The molecule has 7 nitrogen and oxygen atoms in total. The molecule has 0 radical (unpaired) electrons. The Kier molecular flexibility index (Phi) is 5.89. The van der Waals surface area contributed by atoms with Crippen molar-refractivity contribution in [2.75, 3.05) is 11.9 Å². The zero-order valence-corrected chi connectivity index (χ0v) is 16.9. The largest absolute Gasteiger partial charge is 0.507 e. The number of hydrogen-bond acceptors (Lipinski definition) is 5. The molecule has 0 atom stereocenters. The van der Waals surface area contributed by atoms with Crippen LogP contribution in [0.25, 0.3) is 5.69 Å². The van der Waals surface area contributed by atoms with E-state index in [4.69, 9.17) is 16.3 Å². The maximum absolute atomic E-state index is 12.3. The van der Waals surface area contributed by atoms with E-state index in [2.05, 4.69) is 10.4 Å². The Bertz CT molecular complexity index is 1070. The third-order valence-electron chi connectivity index (χ3n) is 4.35. The Balaban J connectivity index is 1.69. The van der Waals surface area contributed by atoms with Crippen LogP contribution in [0.1, 0.15) is 27.3 Å². The van der Waals surface area contributed by atoms with Crippen molar-refractivity contribution in [2.24, 2.45) is 0 Å². The summed E-state index contributed by atoms with van der Waals surface area (Å²) in [6, 6.07) is 11.8. The van der Waals surface area contributed by atoms with Gasteiger partial charge >= 0.3 is 5.97 Å². The summed E-state index contributed by atoms with van der Waals surface area (Å²) in [4.78, 5) is 24.4. The Morgan fingerprint density at radius 1 is 1.14 bits per heavy atom. The number of aromatic nitrogens is 2. The number of aryl methyl sites for hydroxylation is 2. The standard InChI is InChI=1S/C21H20ClN3O4/c1-12-4-7-16(8-5-12)25-14(3)20(13(2)24-25)23-19(27)11-29-21(28)17-10-15(22)6-9-18(17)26/h4-10,26H,11H2,1-3H3,(H,23,27). The smallest absolute Gasteiger partial charge is 0.342 e. The first-order chi connectivity index (χ1) is 13.8. The van der Waals surface area contributed by atoms with Crippen molar-refractivity contribution in [3.05, 3.63) is 70.0 Å². The molecule has 0 saturated carbocycles. The number of phenolic OH excluding ortho intramolecular Hbond substituents is 1. The normalized spacial score (nSPS) is 10.6. The number of ether oxygens (including phenoxy) is 1. The predicted octanol–water partition coefficient (Wildman–Crippen LogP) is 3.95. The molecule has 0 unspecified atom stereocenters. The maximum Gasteiger partial charge on any atom is 0.342 e. The Labute approximate surface area is 172 Å². The summed E-state index contributed by atoms with van der Waals surface area (Å²) in [7, 11) is 0. The summed E-state index contributed by atoms with van der Waals surface area (Å²) in [5.41, 5.74) is 3.84. The summed E-state index contributed by atoms with van der Waals surface area (Å²) in [5, 5.41) is 17.2. The van der Waals surface area contributed by atoms with Gasteiger partial charge in [-0.05, 0) is 51.1 Å². The van der Waals surface area contributed by atoms with Crippen molar-refractivity contribution in [1.29, 1.82) is 0 Å². The second kappa shape index (κ2) is 8.36. The number of rotatable bonds is 5. The fraction of sp³-hybridized carbons (Fsp3) is 0.190. The van der Waals surface area contributed by atoms with Crippen LogP contribution in [-0.2, 0) is 9.53 Å². The first-order valence-electron chi connectivity index (χ1n) is 8.85. The molecule has 0 spiro atoms. The molecular weight excluding hydrogens is 394 g/mol. The molecule has 29 heavy (non-hydrogen) atoms. The van der Waals surface area contributed by atoms with Gasteiger partial charge in [0.2, 0.25) is 0 Å². The van der Waals surface area contributed by atoms with Crippen molar-refractivity contribution >= 4 is 29.2 Å². The van der Waals surface area contributed by atoms with Crippen LogP contribution in [0.4, 0.5) is 5.69 Å². The van der Waals surface area contributed by atoms with Crippen LogP contribution in [-0.4, -0.2) is 33.4 Å². The maximum atomic E-state index is 12.3. The number of benzene rings is 2. The minimum Gasteiger partial charge on any atom is -0.507 e. The van der Waals surface area contributed by atoms with E-state index in [-0.39, 0.29) is 16.3 Å². The molecule has 0 aliphatic heterocycles. The average molecular weight is 414 g/mol. The van der Waals surface area contributed by atoms with Crippen molar-refractivity contribution in [2.45, 2.75) is 20.8 Å². The van der Waals surface area contributed by atoms with Gasteiger partial charge in [0.15, 0.2) is 6.61 Å². The molecule has 1 amide bonds. The second-order valence-corrected chi connectivity index (χ2v) is 7.02. The molecule has 0 aliphatic rings. The lowest BCUT2D eigenvalue weighted by Gasteiger charge is -2.09. The number of amides is 1. The van der Waals surface area contributed by atoms with E-state index in [0.29, 0.717) is 11.4 Å². The lowest BCUT2D eigenvalue weighted by Crippen LogP contribution is -2.21. The third kappa shape index (κ3) is 4.57. The molecule has 8 heteroatoms. The first-order valence-corrected chi connectivity index (χ1v) is 9.23. The molecule has 0 saturated heterocycles. The monoisotopic (exact) mass is 413 g/mol. The predicted molar refractivity (Wildman–Crippen MR) is 110 cm³/mol. The van der Waals surface area contributed by atoms with Crippen LogP contribution < -0.4 is 5.32 Å². The van der Waals surface area contributed by atoms with E-state index >= 15 is 0 Å². The van der Waals surface area contributed by atoms with Gasteiger partial charge in [0.05, 0.1) is 22.8 Å². The van der Waals surface area contributed by atoms with E-state index in [0.717, 1.165) is 16.9 Å². The molecule has 3 rings (SSSR count). The number of carbonyl (C=O) groups excluding carboxylic acids is 2. The molecule has 150 valence electrons. The SMILES string of the molecule is Cc1ccc(-n2nc(C)c(NC(=O)COC(=O)c3cc(Cl)ccc3O)c2C)cc1. The lowest BCUT2D eigenvalue weighted by molar-refractivity contribution is -0.119. The third-order valence-corrected chi connectivity index (χ3v) is 4.58. The molecule has 0 fully saturated rings. The lowest BCUT2D eigenvalue weighted by atomic mass is 10.2. The van der Waals surface area contributed by atoms with Crippen LogP contribution in [0, 0.1) is 20.8 Å². The van der Waals surface area contributed by atoms with Gasteiger partial charge in [0, 0.05) is 5.02 Å². The van der Waals surface area contributed by atoms with Gasteiger partial charge in [-0.2, -0.15) is 5.10 Å². The van der Waals surface area contributed by atoms with Gasteiger partial charge in [-0.15, -0.1) is 0 Å². The topological polar surface area (TPSA) is 93.5 Å². The first kappa shape index (κ1) is 20.4. The Morgan fingerprint density at radius 2 is 1.83 bits per heavy atom. The number of aromatic hydroxyl groups is 1. The minimum absolute atomic E-state index is 0.107. The molecule has 2 aromatic carbocycles. The van der Waals surface area contributed by atoms with E-state index in [1.54, 1.807) is 11.6 Å². The fourth-order valence-electron chi connectivity index (χ4n) is 2.82. The summed E-state index contributed by atoms with van der Waals surface area (Å²) < 4.78 is 6.72. The molecule has 0 bridgehead atoms. The molecule has 1 aromatic heterocycles. The van der Waals surface area contributed by atoms with Crippen molar-refractivity contribution in [3.63, 3.8) is 0 Å². The molecule has 1 heterocycles. The van der Waals surface area contributed by atoms with Gasteiger partial charge in [-0.1, -0.05) is 29.3 Å². The van der Waals surface area contributed by atoms with Gasteiger partial charge in [0.1, 0.15) is 11.3 Å². The minimum atomic E-state index is -0.844. The average Bonchev–Trinajstić information content (AvgIpc) is 2.97. The highest BCUT2D eigenvalue weighted by Crippen LogP contribution is 2.24. The number of halogens is 1. The number of nitrogens with one attached hydrogen (secondary N) is 1. The van der Waals surface area contributed by atoms with Crippen molar-refractivity contribution < 1.29 is 19.4 Å². The quantitative estimate of drug-likeness (QED) is 0.617. The zero-order chi connectivity index (χ0) is 21.1. The molecular formula is C21H20ClN3O4. The van der Waals surface area contributed by atoms with E-state index in [1.165, 1.54) is 18.2 Å². The molecule has 0 aliphatic carbocycles. The summed E-state index contributed by atoms with van der Waals surface area (Å²) in [5.74, 6) is -1.63. The highest BCUT2D eigenvalue weighted by Gasteiger charge is 2.18. The van der Waals surface area contributed by atoms with Gasteiger partial charge < -0.3 is 15.2 Å². The number of esters is 1. The summed E-state index contributed by atoms with van der Waals surface area (Å²) >= 11 is 5.82. The molecule has 2 N–H and O–H groups in total. The highest BCUT2D eigenvalue weighted by atomic mass is 35.5. The van der Waals surface area contributed by atoms with Crippen LogP contribution in [0.15, 0.2) is 42.5 Å². The van der Waals surface area contributed by atoms with E-state index in [9.17, 15) is 14.7 Å². The Hall–Kier alpha value is -3.32. The van der Waals surface area contributed by atoms with Gasteiger partial charge in [0.25, 0.3) is 5.91 Å². The van der Waals surface area contributed by atoms with Crippen molar-refractivity contribution in [1.82, 2.24) is 9.78 Å².